The molecule has 264 valence electrons. The van der Waals surface area contributed by atoms with Gasteiger partial charge in [0.15, 0.2) is 0 Å². The Morgan fingerprint density at radius 3 is 1.36 bits per heavy atom. The summed E-state index contributed by atoms with van der Waals surface area (Å²) in [5.41, 5.74) is 3.37. The van der Waals surface area contributed by atoms with E-state index < -0.39 is 23.9 Å². The molecule has 0 saturated carbocycles. The van der Waals surface area contributed by atoms with Crippen molar-refractivity contribution < 1.29 is 44.4 Å². The minimum absolute atomic E-state index is 0.0739. The molecule has 17 heteroatoms. The topological polar surface area (TPSA) is 191 Å². The van der Waals surface area contributed by atoms with E-state index in [1.165, 1.54) is 0 Å². The molecule has 1 saturated heterocycles. The molecule has 1 fully saturated rings. The molecule has 0 atom stereocenters. The molecular formula is C30H47N5O9S3. The Kier molecular flexibility index (Phi) is 19.8. The maximum atomic E-state index is 12.9. The van der Waals surface area contributed by atoms with E-state index in [2.05, 4.69) is 36.1 Å². The van der Waals surface area contributed by atoms with E-state index in [1.807, 2.05) is 4.90 Å². The Labute approximate surface area is 289 Å². The van der Waals surface area contributed by atoms with Crippen molar-refractivity contribution in [1.82, 2.24) is 24.9 Å². The standard InChI is InChI=1S/C30H47N5O9S3/c36-26(31-2-12-47-22-25-14-23(20-45)13-24(15-25)21-46-11-1-27(37)38)16-32-3-5-33(17-28(39)40)7-9-35(19-30(43)44)10-8-34(6-4-32)18-29(41)42/h13-15,45H,1-12,16-22H2,(H,31,36)(H,37,38)(H,39,40)(H,41,42)(H,43,44). The average Bonchev–Trinajstić information content (AvgIpc) is 2.99. The molecule has 1 amide bonds. The number of thioether (sulfide) groups is 2. The van der Waals surface area contributed by atoms with Crippen molar-refractivity contribution in [3.05, 3.63) is 34.9 Å². The molecule has 1 aliphatic heterocycles. The van der Waals surface area contributed by atoms with E-state index in [4.69, 9.17) is 5.11 Å². The molecule has 2 rings (SSSR count). The summed E-state index contributed by atoms with van der Waals surface area (Å²) < 4.78 is 0. The lowest BCUT2D eigenvalue weighted by Gasteiger charge is -2.32. The van der Waals surface area contributed by atoms with Crippen molar-refractivity contribution in [3.63, 3.8) is 0 Å². The third-order valence-corrected chi connectivity index (χ3v) is 9.66. The highest BCUT2D eigenvalue weighted by molar-refractivity contribution is 7.98. The zero-order valence-corrected chi connectivity index (χ0v) is 29.1. The number of carboxylic acid groups (broad SMARTS) is 4. The van der Waals surface area contributed by atoms with Gasteiger partial charge in [0.1, 0.15) is 0 Å². The minimum atomic E-state index is -1.01. The number of amides is 1. The lowest BCUT2D eigenvalue weighted by molar-refractivity contribution is -0.140. The number of hydrogen-bond donors (Lipinski definition) is 6. The zero-order valence-electron chi connectivity index (χ0n) is 26.5. The fourth-order valence-corrected chi connectivity index (χ4v) is 6.78. The molecule has 0 aliphatic carbocycles. The number of aliphatic carboxylic acids is 4. The summed E-state index contributed by atoms with van der Waals surface area (Å²) >= 11 is 7.67. The summed E-state index contributed by atoms with van der Waals surface area (Å²) in [6.07, 6.45) is 0.129. The quantitative estimate of drug-likeness (QED) is 0.0863. The number of nitrogens with zero attached hydrogens (tertiary/aromatic N) is 4. The SMILES string of the molecule is O=C(O)CCSCc1cc(CS)cc(CSCCNC(=O)CN2CCN(CC(=O)O)CCN(CC(=O)O)CCN(CC(=O)O)CC2)c1. The number of thiol groups is 1. The van der Waals surface area contributed by atoms with Gasteiger partial charge in [-0.1, -0.05) is 18.2 Å². The van der Waals surface area contributed by atoms with E-state index in [1.54, 1.807) is 38.2 Å². The van der Waals surface area contributed by atoms with Gasteiger partial charge in [-0.2, -0.15) is 36.2 Å². The molecule has 0 bridgehead atoms. The van der Waals surface area contributed by atoms with Gasteiger partial charge in [-0.15, -0.1) is 0 Å². The van der Waals surface area contributed by atoms with Crippen LogP contribution >= 0.6 is 36.2 Å². The van der Waals surface area contributed by atoms with Crippen molar-refractivity contribution in [2.24, 2.45) is 0 Å². The molecule has 1 aromatic rings. The Bertz CT molecular complexity index is 1150. The summed E-state index contributed by atoms with van der Waals surface area (Å²) in [7, 11) is 0. The Morgan fingerprint density at radius 1 is 0.596 bits per heavy atom. The Balaban J connectivity index is 1.91. The summed E-state index contributed by atoms with van der Waals surface area (Å²) in [5.74, 6) is -0.688. The van der Waals surface area contributed by atoms with Crippen molar-refractivity contribution in [2.75, 3.05) is 96.6 Å². The van der Waals surface area contributed by atoms with Gasteiger partial charge in [0.05, 0.1) is 32.6 Å². The lowest BCUT2D eigenvalue weighted by atomic mass is 10.1. The van der Waals surface area contributed by atoms with Crippen LogP contribution < -0.4 is 5.32 Å². The fourth-order valence-electron chi connectivity index (χ4n) is 4.94. The minimum Gasteiger partial charge on any atom is -0.481 e. The van der Waals surface area contributed by atoms with Crippen LogP contribution in [0.5, 0.6) is 0 Å². The van der Waals surface area contributed by atoms with Crippen LogP contribution in [0.15, 0.2) is 18.2 Å². The number of hydrogen-bond acceptors (Lipinski definition) is 12. The lowest BCUT2D eigenvalue weighted by Crippen LogP contribution is -2.49. The molecule has 5 N–H and O–H groups in total. The van der Waals surface area contributed by atoms with Gasteiger partial charge in [-0.3, -0.25) is 43.6 Å². The maximum absolute atomic E-state index is 12.9. The van der Waals surface area contributed by atoms with Gasteiger partial charge >= 0.3 is 23.9 Å². The second-order valence-corrected chi connectivity index (χ2v) is 13.7. The first-order valence-corrected chi connectivity index (χ1v) is 18.3. The second-order valence-electron chi connectivity index (χ2n) is 11.2. The first kappa shape index (κ1) is 40.6. The van der Waals surface area contributed by atoms with Crippen molar-refractivity contribution in [3.8, 4) is 0 Å². The highest BCUT2D eigenvalue weighted by Gasteiger charge is 2.21. The summed E-state index contributed by atoms with van der Waals surface area (Å²) in [6, 6.07) is 6.31. The van der Waals surface area contributed by atoms with Crippen molar-refractivity contribution >= 4 is 65.9 Å². The van der Waals surface area contributed by atoms with Crippen LogP contribution in [0.2, 0.25) is 0 Å². The van der Waals surface area contributed by atoms with Gasteiger partial charge in [-0.25, -0.2) is 0 Å². The van der Waals surface area contributed by atoms with Crippen LogP contribution in [0.3, 0.4) is 0 Å². The number of benzene rings is 1. The number of nitrogens with one attached hydrogen (secondary N) is 1. The third-order valence-electron chi connectivity index (χ3n) is 7.23. The predicted octanol–water partition coefficient (Wildman–Crippen LogP) is 0.649. The normalized spacial score (nSPS) is 16.2. The van der Waals surface area contributed by atoms with E-state index in [0.29, 0.717) is 76.2 Å². The van der Waals surface area contributed by atoms with E-state index in [-0.39, 0.29) is 38.5 Å². The molecule has 0 spiro atoms. The summed E-state index contributed by atoms with van der Waals surface area (Å²) in [6.45, 7) is 2.58. The van der Waals surface area contributed by atoms with Crippen LogP contribution in [0.25, 0.3) is 0 Å². The van der Waals surface area contributed by atoms with E-state index in [9.17, 15) is 39.3 Å². The monoisotopic (exact) mass is 717 g/mol. The number of carbonyl (C=O) groups is 5. The highest BCUT2D eigenvalue weighted by atomic mass is 32.2. The van der Waals surface area contributed by atoms with Gasteiger partial charge < -0.3 is 25.7 Å². The molecule has 47 heavy (non-hydrogen) atoms. The molecule has 1 heterocycles. The highest BCUT2D eigenvalue weighted by Crippen LogP contribution is 2.21. The molecule has 1 aromatic carbocycles. The first-order valence-electron chi connectivity index (χ1n) is 15.3. The van der Waals surface area contributed by atoms with Crippen molar-refractivity contribution in [2.45, 2.75) is 23.7 Å². The molecule has 0 aromatic heterocycles. The van der Waals surface area contributed by atoms with Crippen LogP contribution in [-0.2, 0) is 41.2 Å². The number of carboxylic acids is 4. The van der Waals surface area contributed by atoms with E-state index >= 15 is 0 Å². The summed E-state index contributed by atoms with van der Waals surface area (Å²) in [5, 5.41) is 39.9. The van der Waals surface area contributed by atoms with Crippen LogP contribution in [-0.4, -0.2) is 166 Å². The maximum Gasteiger partial charge on any atom is 0.317 e. The fraction of sp³-hybridized carbons (Fsp3) is 0.633. The van der Waals surface area contributed by atoms with E-state index in [0.717, 1.165) is 28.2 Å². The van der Waals surface area contributed by atoms with Gasteiger partial charge in [0.2, 0.25) is 5.91 Å². The smallest absolute Gasteiger partial charge is 0.317 e. The molecule has 1 aliphatic rings. The molecular weight excluding hydrogens is 671 g/mol. The van der Waals surface area contributed by atoms with Crippen molar-refractivity contribution in [1.29, 1.82) is 0 Å². The van der Waals surface area contributed by atoms with Gasteiger partial charge in [-0.05, 0) is 16.7 Å². The predicted molar refractivity (Wildman–Crippen MR) is 185 cm³/mol. The third kappa shape index (κ3) is 19.1. The van der Waals surface area contributed by atoms with Gasteiger partial charge in [0, 0.05) is 87.7 Å². The van der Waals surface area contributed by atoms with Crippen LogP contribution in [0.1, 0.15) is 23.1 Å². The average molecular weight is 718 g/mol. The molecule has 0 radical (unpaired) electrons. The molecule has 0 unspecified atom stereocenters. The van der Waals surface area contributed by atoms with Crippen LogP contribution in [0.4, 0.5) is 0 Å². The number of carbonyl (C=O) groups excluding carboxylic acids is 1. The first-order chi connectivity index (χ1) is 22.4. The number of rotatable bonds is 19. The van der Waals surface area contributed by atoms with Gasteiger partial charge in [0.25, 0.3) is 0 Å². The summed E-state index contributed by atoms with van der Waals surface area (Å²) in [4.78, 5) is 65.0. The Hall–Kier alpha value is -2.54. The van der Waals surface area contributed by atoms with Crippen LogP contribution in [0, 0.1) is 0 Å². The largest absolute Gasteiger partial charge is 0.481 e. The zero-order chi connectivity index (χ0) is 34.6. The Morgan fingerprint density at radius 2 is 0.979 bits per heavy atom. The molecule has 14 nitrogen and oxygen atoms in total. The second kappa shape index (κ2) is 22.9.